The smallest absolute Gasteiger partial charge is 0.231 e. The average molecular weight is 487 g/mol. The topological polar surface area (TPSA) is 64.1 Å². The molecule has 0 atom stereocenters. The molecule has 2 N–H and O–H groups in total. The van der Waals surface area contributed by atoms with Crippen molar-refractivity contribution in [2.75, 3.05) is 33.5 Å². The van der Waals surface area contributed by atoms with Gasteiger partial charge in [0, 0.05) is 19.7 Å². The Balaban J connectivity index is 0.00000261. The van der Waals surface area contributed by atoms with E-state index < -0.39 is 0 Å². The van der Waals surface area contributed by atoms with E-state index in [9.17, 15) is 4.39 Å². The molecule has 2 aromatic rings. The zero-order valence-corrected chi connectivity index (χ0v) is 17.4. The van der Waals surface area contributed by atoms with Gasteiger partial charge in [-0.3, -0.25) is 4.99 Å². The Kier molecular flexibility index (Phi) is 8.43. The lowest BCUT2D eigenvalue weighted by molar-refractivity contribution is 0.173. The van der Waals surface area contributed by atoms with E-state index in [0.717, 1.165) is 17.1 Å². The number of guanidine groups is 1. The summed E-state index contributed by atoms with van der Waals surface area (Å²) in [4.78, 5) is 4.16. The van der Waals surface area contributed by atoms with Crippen LogP contribution in [-0.4, -0.2) is 39.5 Å². The van der Waals surface area contributed by atoms with Crippen molar-refractivity contribution in [1.82, 2.24) is 10.6 Å². The summed E-state index contributed by atoms with van der Waals surface area (Å²) < 4.78 is 29.4. The number of nitrogens with zero attached hydrogens (tertiary/aromatic N) is 1. The predicted octanol–water partition coefficient (Wildman–Crippen LogP) is 2.96. The second-order valence-electron chi connectivity index (χ2n) is 5.67. The van der Waals surface area contributed by atoms with Gasteiger partial charge in [-0.2, -0.15) is 0 Å². The molecule has 0 spiro atoms. The van der Waals surface area contributed by atoms with Crippen molar-refractivity contribution < 1.29 is 18.6 Å². The van der Waals surface area contributed by atoms with Gasteiger partial charge >= 0.3 is 0 Å². The Bertz CT molecular complexity index is 774. The molecule has 0 unspecified atom stereocenters. The van der Waals surface area contributed by atoms with E-state index in [0.29, 0.717) is 37.8 Å². The molecule has 0 amide bonds. The van der Waals surface area contributed by atoms with Crippen LogP contribution in [0.4, 0.5) is 4.39 Å². The summed E-state index contributed by atoms with van der Waals surface area (Å²) in [7, 11) is 1.70. The predicted molar refractivity (Wildman–Crippen MR) is 113 cm³/mol. The van der Waals surface area contributed by atoms with Gasteiger partial charge in [-0.25, -0.2) is 4.39 Å². The summed E-state index contributed by atoms with van der Waals surface area (Å²) in [5.41, 5.74) is 0.944. The Morgan fingerprint density at radius 2 is 1.93 bits per heavy atom. The third-order valence-electron chi connectivity index (χ3n) is 3.83. The van der Waals surface area contributed by atoms with Gasteiger partial charge in [-0.1, -0.05) is 12.1 Å². The Labute approximate surface area is 175 Å². The number of hydrogen-bond acceptors (Lipinski definition) is 4. The lowest BCUT2D eigenvalue weighted by Crippen LogP contribution is -2.40. The number of nitrogens with one attached hydrogen (secondary N) is 2. The van der Waals surface area contributed by atoms with Gasteiger partial charge in [0.1, 0.15) is 18.2 Å². The van der Waals surface area contributed by atoms with Crippen molar-refractivity contribution in [1.29, 1.82) is 0 Å². The van der Waals surface area contributed by atoms with Crippen molar-refractivity contribution in [2.24, 2.45) is 4.99 Å². The van der Waals surface area contributed by atoms with Gasteiger partial charge in [0.05, 0.1) is 6.54 Å². The maximum atomic E-state index is 13.2. The summed E-state index contributed by atoms with van der Waals surface area (Å²) in [5, 5.41) is 6.37. The van der Waals surface area contributed by atoms with Crippen LogP contribution in [0, 0.1) is 5.82 Å². The fourth-order valence-electron chi connectivity index (χ4n) is 2.54. The fraction of sp³-hybridized carbons (Fsp3) is 0.316. The quantitative estimate of drug-likeness (QED) is 0.272. The second kappa shape index (κ2) is 10.8. The molecule has 0 saturated heterocycles. The SMILES string of the molecule is CN=C(NCCOc1ccc2c(c1)OCO2)NCCc1cccc(F)c1.I. The van der Waals surface area contributed by atoms with E-state index in [2.05, 4.69) is 15.6 Å². The molecule has 1 aliphatic rings. The number of aliphatic imine (C=N–C) groups is 1. The van der Waals surface area contributed by atoms with Gasteiger partial charge in [-0.05, 0) is 36.2 Å². The second-order valence-corrected chi connectivity index (χ2v) is 5.67. The van der Waals surface area contributed by atoms with Crippen molar-refractivity contribution in [2.45, 2.75) is 6.42 Å². The summed E-state index contributed by atoms with van der Waals surface area (Å²) in [5.74, 6) is 2.62. The van der Waals surface area contributed by atoms with Crippen molar-refractivity contribution in [3.05, 3.63) is 53.8 Å². The molecule has 1 heterocycles. The van der Waals surface area contributed by atoms with Crippen LogP contribution in [0.3, 0.4) is 0 Å². The summed E-state index contributed by atoms with van der Waals surface area (Å²) >= 11 is 0. The third kappa shape index (κ3) is 6.46. The van der Waals surface area contributed by atoms with Crippen LogP contribution >= 0.6 is 24.0 Å². The molecule has 1 aliphatic heterocycles. The zero-order valence-electron chi connectivity index (χ0n) is 15.0. The minimum absolute atomic E-state index is 0. The monoisotopic (exact) mass is 487 g/mol. The summed E-state index contributed by atoms with van der Waals surface area (Å²) in [6, 6.07) is 12.1. The molecule has 27 heavy (non-hydrogen) atoms. The molecule has 3 rings (SSSR count). The van der Waals surface area contributed by atoms with E-state index in [4.69, 9.17) is 14.2 Å². The first-order valence-corrected chi connectivity index (χ1v) is 8.46. The normalized spacial score (nSPS) is 12.3. The fourth-order valence-corrected chi connectivity index (χ4v) is 2.54. The molecule has 146 valence electrons. The number of halogens is 2. The molecule has 8 heteroatoms. The number of fused-ring (bicyclic) bond motifs is 1. The third-order valence-corrected chi connectivity index (χ3v) is 3.83. The molecule has 6 nitrogen and oxygen atoms in total. The Morgan fingerprint density at radius 1 is 1.11 bits per heavy atom. The minimum atomic E-state index is -0.217. The number of benzene rings is 2. The zero-order chi connectivity index (χ0) is 18.2. The van der Waals surface area contributed by atoms with E-state index in [1.807, 2.05) is 24.3 Å². The Morgan fingerprint density at radius 3 is 2.74 bits per heavy atom. The maximum absolute atomic E-state index is 13.2. The molecular weight excluding hydrogens is 464 g/mol. The highest BCUT2D eigenvalue weighted by atomic mass is 127. The molecule has 0 fully saturated rings. The summed E-state index contributed by atoms with van der Waals surface area (Å²) in [6.45, 7) is 1.97. The van der Waals surface area contributed by atoms with Crippen molar-refractivity contribution >= 4 is 29.9 Å². The highest BCUT2D eigenvalue weighted by molar-refractivity contribution is 14.0. The Hall–Kier alpha value is -2.23. The highest BCUT2D eigenvalue weighted by Crippen LogP contribution is 2.34. The molecular formula is C19H23FIN3O3. The molecule has 0 aliphatic carbocycles. The van der Waals surface area contributed by atoms with Crippen LogP contribution in [0.15, 0.2) is 47.5 Å². The molecule has 0 saturated carbocycles. The lowest BCUT2D eigenvalue weighted by Gasteiger charge is -2.12. The van der Waals surface area contributed by atoms with Crippen LogP contribution < -0.4 is 24.8 Å². The molecule has 0 bridgehead atoms. The van der Waals surface area contributed by atoms with Gasteiger partial charge < -0.3 is 24.8 Å². The van der Waals surface area contributed by atoms with Crippen LogP contribution in [0.2, 0.25) is 0 Å². The van der Waals surface area contributed by atoms with Crippen LogP contribution in [-0.2, 0) is 6.42 Å². The maximum Gasteiger partial charge on any atom is 0.231 e. The van der Waals surface area contributed by atoms with Crippen molar-refractivity contribution in [3.63, 3.8) is 0 Å². The molecule has 0 radical (unpaired) electrons. The first kappa shape index (κ1) is 21.1. The van der Waals surface area contributed by atoms with Crippen LogP contribution in [0.25, 0.3) is 0 Å². The first-order chi connectivity index (χ1) is 12.7. The van der Waals surface area contributed by atoms with E-state index >= 15 is 0 Å². The van der Waals surface area contributed by atoms with Gasteiger partial charge in [0.2, 0.25) is 6.79 Å². The van der Waals surface area contributed by atoms with E-state index in [-0.39, 0.29) is 36.6 Å². The largest absolute Gasteiger partial charge is 0.492 e. The van der Waals surface area contributed by atoms with Gasteiger partial charge in [0.15, 0.2) is 17.5 Å². The van der Waals surface area contributed by atoms with Crippen LogP contribution in [0.5, 0.6) is 17.2 Å². The standard InChI is InChI=1S/C19H22FN3O3.HI/c1-21-19(22-8-7-14-3-2-4-15(20)11-14)23-9-10-24-16-5-6-17-18(12-16)26-13-25-17;/h2-6,11-12H,7-10,13H2,1H3,(H2,21,22,23);1H. The minimum Gasteiger partial charge on any atom is -0.492 e. The van der Waals surface area contributed by atoms with E-state index in [1.54, 1.807) is 13.1 Å². The molecule has 0 aromatic heterocycles. The van der Waals surface area contributed by atoms with Crippen LogP contribution in [0.1, 0.15) is 5.56 Å². The summed E-state index contributed by atoms with van der Waals surface area (Å²) in [6.07, 6.45) is 0.714. The number of ether oxygens (including phenoxy) is 3. The van der Waals surface area contributed by atoms with Gasteiger partial charge in [0.25, 0.3) is 0 Å². The van der Waals surface area contributed by atoms with Gasteiger partial charge in [-0.15, -0.1) is 24.0 Å². The molecule has 2 aromatic carbocycles. The number of hydrogen-bond donors (Lipinski definition) is 2. The van der Waals surface area contributed by atoms with Crippen molar-refractivity contribution in [3.8, 4) is 17.2 Å². The number of rotatable bonds is 7. The first-order valence-electron chi connectivity index (χ1n) is 8.46. The highest BCUT2D eigenvalue weighted by Gasteiger charge is 2.13. The lowest BCUT2D eigenvalue weighted by atomic mass is 10.1. The van der Waals surface area contributed by atoms with E-state index in [1.165, 1.54) is 12.1 Å². The average Bonchev–Trinajstić information content (AvgIpc) is 3.11.